The third kappa shape index (κ3) is 69.3. The molecular formula is C77H136O6. The van der Waals surface area contributed by atoms with Gasteiger partial charge in [0.1, 0.15) is 13.2 Å². The molecule has 0 aromatic heterocycles. The van der Waals surface area contributed by atoms with Gasteiger partial charge >= 0.3 is 17.9 Å². The van der Waals surface area contributed by atoms with E-state index in [1.165, 1.54) is 231 Å². The summed E-state index contributed by atoms with van der Waals surface area (Å²) in [7, 11) is 0. The molecule has 0 spiro atoms. The van der Waals surface area contributed by atoms with Crippen molar-refractivity contribution in [1.29, 1.82) is 0 Å². The van der Waals surface area contributed by atoms with Gasteiger partial charge in [0.05, 0.1) is 0 Å². The Hall–Kier alpha value is -3.41. The molecule has 0 aromatic carbocycles. The molecule has 6 nitrogen and oxygen atoms in total. The van der Waals surface area contributed by atoms with Gasteiger partial charge in [0.15, 0.2) is 6.10 Å². The van der Waals surface area contributed by atoms with Gasteiger partial charge < -0.3 is 14.2 Å². The molecule has 0 saturated carbocycles. The molecule has 0 N–H and O–H groups in total. The molecule has 1 atom stereocenters. The Kier molecular flexibility index (Phi) is 68.2. The number of ether oxygens (including phenoxy) is 3. The van der Waals surface area contributed by atoms with Crippen molar-refractivity contribution in [2.75, 3.05) is 13.2 Å². The van der Waals surface area contributed by atoms with Crippen LogP contribution in [0.3, 0.4) is 0 Å². The number of rotatable bonds is 66. The van der Waals surface area contributed by atoms with Crippen LogP contribution < -0.4 is 0 Å². The van der Waals surface area contributed by atoms with E-state index in [2.05, 4.69) is 106 Å². The van der Waals surface area contributed by atoms with Gasteiger partial charge in [0.2, 0.25) is 0 Å². The highest BCUT2D eigenvalue weighted by Crippen LogP contribution is 2.17. The van der Waals surface area contributed by atoms with Crippen LogP contribution in [0, 0.1) is 0 Å². The van der Waals surface area contributed by atoms with E-state index in [1.807, 2.05) is 0 Å². The molecule has 0 aromatic rings. The average Bonchev–Trinajstić information content (AvgIpc) is 3.49. The van der Waals surface area contributed by atoms with Gasteiger partial charge in [-0.3, -0.25) is 14.4 Å². The van der Waals surface area contributed by atoms with Gasteiger partial charge in [-0.05, 0) is 122 Å². The second-order valence-electron chi connectivity index (χ2n) is 24.1. The van der Waals surface area contributed by atoms with Crippen molar-refractivity contribution in [3.05, 3.63) is 85.1 Å². The maximum absolute atomic E-state index is 13.0. The number of hydrogen-bond donors (Lipinski definition) is 0. The predicted molar refractivity (Wildman–Crippen MR) is 362 cm³/mol. The van der Waals surface area contributed by atoms with Crippen LogP contribution in [0.25, 0.3) is 0 Å². The summed E-state index contributed by atoms with van der Waals surface area (Å²) in [6.45, 7) is 6.63. The first-order valence-electron chi connectivity index (χ1n) is 36.1. The minimum atomic E-state index is -0.789. The maximum atomic E-state index is 13.0. The van der Waals surface area contributed by atoms with Gasteiger partial charge in [-0.15, -0.1) is 0 Å². The first-order chi connectivity index (χ1) is 41.0. The second-order valence-corrected chi connectivity index (χ2v) is 24.1. The van der Waals surface area contributed by atoms with Crippen molar-refractivity contribution in [3.63, 3.8) is 0 Å². The minimum absolute atomic E-state index is 0.0834. The van der Waals surface area contributed by atoms with E-state index in [1.54, 1.807) is 0 Å². The van der Waals surface area contributed by atoms with E-state index in [0.29, 0.717) is 19.3 Å². The summed E-state index contributed by atoms with van der Waals surface area (Å²) in [4.78, 5) is 38.5. The Morgan fingerprint density at radius 3 is 0.711 bits per heavy atom. The highest BCUT2D eigenvalue weighted by atomic mass is 16.6. The Balaban J connectivity index is 4.39. The number of carbonyl (C=O) groups excluding carboxylic acids is 3. The Morgan fingerprint density at radius 2 is 0.434 bits per heavy atom. The molecule has 0 radical (unpaired) electrons. The van der Waals surface area contributed by atoms with Crippen LogP contribution >= 0.6 is 0 Å². The zero-order valence-corrected chi connectivity index (χ0v) is 55.2. The van der Waals surface area contributed by atoms with Gasteiger partial charge in [0.25, 0.3) is 0 Å². The lowest BCUT2D eigenvalue weighted by molar-refractivity contribution is -0.167. The van der Waals surface area contributed by atoms with Gasteiger partial charge in [-0.2, -0.15) is 0 Å². The molecule has 480 valence electrons. The van der Waals surface area contributed by atoms with E-state index in [-0.39, 0.29) is 31.1 Å². The van der Waals surface area contributed by atoms with Crippen LogP contribution in [-0.2, 0) is 28.6 Å². The molecule has 0 fully saturated rings. The number of allylic oxidation sites excluding steroid dienone is 14. The molecule has 6 heteroatoms. The first kappa shape index (κ1) is 79.6. The summed E-state index contributed by atoms with van der Waals surface area (Å²) < 4.78 is 17.0. The molecule has 0 amide bonds. The summed E-state index contributed by atoms with van der Waals surface area (Å²) in [5, 5.41) is 0. The van der Waals surface area contributed by atoms with Gasteiger partial charge in [-0.1, -0.05) is 311 Å². The highest BCUT2D eigenvalue weighted by Gasteiger charge is 2.19. The second kappa shape index (κ2) is 71.1. The lowest BCUT2D eigenvalue weighted by Crippen LogP contribution is -2.30. The quantitative estimate of drug-likeness (QED) is 0.0261. The molecule has 1 unspecified atom stereocenters. The fourth-order valence-corrected chi connectivity index (χ4v) is 10.4. The normalized spacial score (nSPS) is 12.6. The van der Waals surface area contributed by atoms with Crippen molar-refractivity contribution < 1.29 is 28.6 Å². The zero-order chi connectivity index (χ0) is 59.9. The molecule has 0 heterocycles. The standard InChI is InChI=1S/C77H136O6/c1-4-7-10-13-16-19-22-25-28-31-34-36-38-40-43-46-49-52-55-58-61-64-67-70-76(79)82-73-74(72-81-75(78)69-66-63-60-57-54-51-48-45-42-33-30-27-24-21-18-15-12-9-6-3)83-77(80)71-68-65-62-59-56-53-50-47-44-41-39-37-35-32-29-26-23-20-17-14-11-8-5-2/h18,21-22,25,27,30-32,34-35,38,40,42,45,74H,4-17,19-20,23-24,26,28-29,33,36-37,39,41,43-44,46-73H2,1-3H3/b21-18-,25-22-,30-27-,34-31-,35-32-,40-38-,45-42-. The average molecular weight is 1160 g/mol. The molecular weight excluding hydrogens is 1020 g/mol. The lowest BCUT2D eigenvalue weighted by Gasteiger charge is -2.18. The highest BCUT2D eigenvalue weighted by molar-refractivity contribution is 5.71. The first-order valence-corrected chi connectivity index (χ1v) is 36.1. The largest absolute Gasteiger partial charge is 0.462 e. The summed E-state index contributed by atoms with van der Waals surface area (Å²) >= 11 is 0. The van der Waals surface area contributed by atoms with Crippen LogP contribution in [-0.4, -0.2) is 37.2 Å². The van der Waals surface area contributed by atoms with Crippen LogP contribution in [0.15, 0.2) is 85.1 Å². The zero-order valence-electron chi connectivity index (χ0n) is 55.2. The van der Waals surface area contributed by atoms with Crippen molar-refractivity contribution >= 4 is 17.9 Å². The van der Waals surface area contributed by atoms with Gasteiger partial charge in [-0.25, -0.2) is 0 Å². The molecule has 0 bridgehead atoms. The molecule has 83 heavy (non-hydrogen) atoms. The monoisotopic (exact) mass is 1160 g/mol. The molecule has 0 aliphatic carbocycles. The smallest absolute Gasteiger partial charge is 0.306 e. The lowest BCUT2D eigenvalue weighted by atomic mass is 10.0. The molecule has 0 saturated heterocycles. The van der Waals surface area contributed by atoms with Crippen molar-refractivity contribution in [1.82, 2.24) is 0 Å². The number of carbonyl (C=O) groups is 3. The van der Waals surface area contributed by atoms with Crippen LogP contribution in [0.5, 0.6) is 0 Å². The van der Waals surface area contributed by atoms with E-state index >= 15 is 0 Å². The Morgan fingerprint density at radius 1 is 0.241 bits per heavy atom. The Labute approximate surface area is 515 Å². The van der Waals surface area contributed by atoms with Crippen molar-refractivity contribution in [3.8, 4) is 0 Å². The van der Waals surface area contributed by atoms with E-state index in [9.17, 15) is 14.4 Å². The molecule has 0 aliphatic rings. The summed E-state index contributed by atoms with van der Waals surface area (Å²) in [5.74, 6) is -0.884. The van der Waals surface area contributed by atoms with Gasteiger partial charge in [0, 0.05) is 19.3 Å². The summed E-state index contributed by atoms with van der Waals surface area (Å²) in [6.07, 6.45) is 94.6. The van der Waals surface area contributed by atoms with Crippen LogP contribution in [0.4, 0.5) is 0 Å². The summed E-state index contributed by atoms with van der Waals surface area (Å²) in [5.41, 5.74) is 0. The van der Waals surface area contributed by atoms with E-state index in [0.717, 1.165) is 96.3 Å². The van der Waals surface area contributed by atoms with Crippen molar-refractivity contribution in [2.45, 2.75) is 374 Å². The predicted octanol–water partition coefficient (Wildman–Crippen LogP) is 25.0. The molecule has 0 rings (SSSR count). The SMILES string of the molecule is CCCCC/C=C\C/C=C\C/C=C\CCCCCCCCC(=O)OCC(COC(=O)CCCCCCCCCC/C=C\C/C=C\C/C=C\CCCCCCC)OC(=O)CCCCCCCCCCCCC/C=C\CCCCCCCCCC. The fourth-order valence-electron chi connectivity index (χ4n) is 10.4. The third-order valence-electron chi connectivity index (χ3n) is 15.8. The fraction of sp³-hybridized carbons (Fsp3) is 0.779. The van der Waals surface area contributed by atoms with Crippen molar-refractivity contribution in [2.24, 2.45) is 0 Å². The minimum Gasteiger partial charge on any atom is -0.462 e. The summed E-state index contributed by atoms with van der Waals surface area (Å²) in [6, 6.07) is 0. The number of hydrogen-bond acceptors (Lipinski definition) is 6. The van der Waals surface area contributed by atoms with Crippen LogP contribution in [0.1, 0.15) is 367 Å². The van der Waals surface area contributed by atoms with E-state index < -0.39 is 6.10 Å². The maximum Gasteiger partial charge on any atom is 0.306 e. The Bertz CT molecular complexity index is 1570. The number of esters is 3. The van der Waals surface area contributed by atoms with E-state index in [4.69, 9.17) is 14.2 Å². The number of unbranched alkanes of at least 4 members (excludes halogenated alkanes) is 41. The third-order valence-corrected chi connectivity index (χ3v) is 15.8. The molecule has 0 aliphatic heterocycles. The van der Waals surface area contributed by atoms with Crippen LogP contribution in [0.2, 0.25) is 0 Å². The topological polar surface area (TPSA) is 78.9 Å².